The zero-order valence-electron chi connectivity index (χ0n) is 31.3. The van der Waals surface area contributed by atoms with Crippen molar-refractivity contribution in [3.63, 3.8) is 0 Å². The summed E-state index contributed by atoms with van der Waals surface area (Å²) < 4.78 is 0. The Kier molecular flexibility index (Phi) is 22.7. The summed E-state index contributed by atoms with van der Waals surface area (Å²) in [6.07, 6.45) is 25.6. The summed E-state index contributed by atoms with van der Waals surface area (Å²) in [5.41, 5.74) is 4.05. The van der Waals surface area contributed by atoms with E-state index in [4.69, 9.17) is 4.99 Å². The van der Waals surface area contributed by atoms with Gasteiger partial charge in [-0.05, 0) is 101 Å². The average molecular weight is 643 g/mol. The van der Waals surface area contributed by atoms with Gasteiger partial charge < -0.3 is 16.0 Å². The first-order chi connectivity index (χ1) is 22.1. The molecular formula is C39H74N6O. The zero-order chi connectivity index (χ0) is 34.1. The molecule has 7 nitrogen and oxygen atoms in total. The van der Waals surface area contributed by atoms with Gasteiger partial charge in [-0.1, -0.05) is 86.6 Å². The molecule has 0 fully saturated rings. The van der Waals surface area contributed by atoms with E-state index in [0.717, 1.165) is 76.0 Å². The number of unbranched alkanes of at least 4 members (excludes halogenated alkanes) is 6. The third-order valence-electron chi connectivity index (χ3n) is 9.74. The van der Waals surface area contributed by atoms with Crippen LogP contribution in [0, 0.1) is 10.8 Å². The highest BCUT2D eigenvalue weighted by molar-refractivity contribution is 5.75. The van der Waals surface area contributed by atoms with Gasteiger partial charge in [0, 0.05) is 37.1 Å². The molecule has 1 aliphatic rings. The Labute approximate surface area is 284 Å². The summed E-state index contributed by atoms with van der Waals surface area (Å²) in [5, 5.41) is 13.4. The van der Waals surface area contributed by atoms with Crippen molar-refractivity contribution in [3.05, 3.63) is 23.7 Å². The first-order valence-corrected chi connectivity index (χ1v) is 19.0. The molecule has 0 saturated heterocycles. The number of aliphatic imine (C=N–C) groups is 2. The number of rotatable bonds is 29. The van der Waals surface area contributed by atoms with Crippen molar-refractivity contribution in [1.82, 2.24) is 21.3 Å². The Bertz CT molecular complexity index is 923. The van der Waals surface area contributed by atoms with Crippen molar-refractivity contribution in [2.45, 2.75) is 177 Å². The predicted molar refractivity (Wildman–Crippen MR) is 201 cm³/mol. The highest BCUT2D eigenvalue weighted by Crippen LogP contribution is 2.36. The van der Waals surface area contributed by atoms with Crippen LogP contribution in [0.2, 0.25) is 0 Å². The van der Waals surface area contributed by atoms with Crippen LogP contribution < -0.4 is 21.3 Å². The number of amides is 1. The highest BCUT2D eigenvalue weighted by atomic mass is 16.1. The maximum atomic E-state index is 11.9. The Balaban J connectivity index is 2.14. The van der Waals surface area contributed by atoms with Crippen LogP contribution in [0.1, 0.15) is 170 Å². The lowest BCUT2D eigenvalue weighted by molar-refractivity contribution is -0.121. The fourth-order valence-electron chi connectivity index (χ4n) is 6.05. The molecule has 0 aliphatic carbocycles. The molecule has 4 N–H and O–H groups in total. The zero-order valence-corrected chi connectivity index (χ0v) is 31.3. The summed E-state index contributed by atoms with van der Waals surface area (Å²) in [4.78, 5) is 21.1. The third kappa shape index (κ3) is 20.2. The molecular weight excluding hydrogens is 568 g/mol. The van der Waals surface area contributed by atoms with Gasteiger partial charge in [0.05, 0.1) is 12.0 Å². The fraction of sp³-hybridized carbons (Fsp3) is 0.821. The van der Waals surface area contributed by atoms with E-state index in [2.05, 4.69) is 81.3 Å². The Morgan fingerprint density at radius 1 is 0.870 bits per heavy atom. The molecule has 2 unspecified atom stereocenters. The summed E-state index contributed by atoms with van der Waals surface area (Å²) in [5.74, 6) is 0.219. The molecule has 1 aliphatic heterocycles. The molecule has 0 radical (unpaired) electrons. The van der Waals surface area contributed by atoms with E-state index in [9.17, 15) is 4.79 Å². The predicted octanol–water partition coefficient (Wildman–Crippen LogP) is 9.56. The largest absolute Gasteiger partial charge is 0.389 e. The molecule has 1 rings (SSSR count). The number of nitrogens with zero attached hydrogens (tertiary/aromatic N) is 2. The minimum atomic E-state index is -0.0608. The quantitative estimate of drug-likeness (QED) is 0.0483. The molecule has 0 saturated carbocycles. The second-order valence-corrected chi connectivity index (χ2v) is 14.8. The van der Waals surface area contributed by atoms with Crippen LogP contribution in [-0.2, 0) is 4.79 Å². The number of carbonyl (C=O) groups is 1. The normalized spacial score (nSPS) is 16.5. The van der Waals surface area contributed by atoms with Gasteiger partial charge in [0.1, 0.15) is 6.17 Å². The fourth-order valence-corrected chi connectivity index (χ4v) is 6.05. The van der Waals surface area contributed by atoms with Gasteiger partial charge in [-0.25, -0.2) is 0 Å². The minimum absolute atomic E-state index is 0.0608. The van der Waals surface area contributed by atoms with Gasteiger partial charge in [0.15, 0.2) is 0 Å². The number of hydrogen-bond donors (Lipinski definition) is 4. The molecule has 0 aromatic carbocycles. The Morgan fingerprint density at radius 3 is 2.24 bits per heavy atom. The molecule has 0 aromatic heterocycles. The highest BCUT2D eigenvalue weighted by Gasteiger charge is 2.23. The average Bonchev–Trinajstić information content (AvgIpc) is 3.03. The smallest absolute Gasteiger partial charge is 0.219 e. The van der Waals surface area contributed by atoms with Crippen LogP contribution in [0.4, 0.5) is 0 Å². The lowest BCUT2D eigenvalue weighted by Crippen LogP contribution is -2.35. The van der Waals surface area contributed by atoms with E-state index in [0.29, 0.717) is 17.3 Å². The monoisotopic (exact) mass is 643 g/mol. The molecule has 0 bridgehead atoms. The van der Waals surface area contributed by atoms with Gasteiger partial charge in [-0.15, -0.1) is 0 Å². The molecule has 1 amide bonds. The van der Waals surface area contributed by atoms with E-state index >= 15 is 0 Å². The van der Waals surface area contributed by atoms with Crippen LogP contribution in [0.25, 0.3) is 0 Å². The van der Waals surface area contributed by atoms with Crippen molar-refractivity contribution in [2.75, 3.05) is 19.6 Å². The van der Waals surface area contributed by atoms with E-state index in [-0.39, 0.29) is 12.1 Å². The van der Waals surface area contributed by atoms with Gasteiger partial charge in [0.2, 0.25) is 5.91 Å². The van der Waals surface area contributed by atoms with E-state index < -0.39 is 0 Å². The lowest BCUT2D eigenvalue weighted by atomic mass is 9.76. The molecule has 2 atom stereocenters. The number of allylic oxidation sites excluding steroid dienone is 2. The summed E-state index contributed by atoms with van der Waals surface area (Å²) in [6, 6.07) is 0. The molecule has 0 spiro atoms. The van der Waals surface area contributed by atoms with Gasteiger partial charge in [-0.2, -0.15) is 0 Å². The van der Waals surface area contributed by atoms with Crippen LogP contribution in [0.3, 0.4) is 0 Å². The van der Waals surface area contributed by atoms with Crippen LogP contribution in [-0.4, -0.2) is 44.3 Å². The van der Waals surface area contributed by atoms with Gasteiger partial charge in [0.25, 0.3) is 0 Å². The maximum absolute atomic E-state index is 11.9. The van der Waals surface area contributed by atoms with E-state index in [1.807, 2.05) is 6.21 Å². The van der Waals surface area contributed by atoms with Crippen molar-refractivity contribution in [2.24, 2.45) is 20.8 Å². The number of carbonyl (C=O) groups excluding carboxylic acids is 1. The molecule has 1 heterocycles. The van der Waals surface area contributed by atoms with E-state index in [1.54, 1.807) is 6.34 Å². The standard InChI is InChI=1S/C39H74N6O/c1-9-12-18-29-42-36-34(5)44-32-45-37(36)43-30-20-19-28-40-33(4)22-14-15-24-38(6,7)25-16-17-26-39(8,11-3)27-21-31-41-35(46)23-13-10-2/h29,32,37,40,43H,4,9-28,30-31H2,1-3,5-8H3,(H,41,46)(H,44,45). The van der Waals surface area contributed by atoms with Gasteiger partial charge >= 0.3 is 0 Å². The van der Waals surface area contributed by atoms with Crippen LogP contribution in [0.5, 0.6) is 0 Å². The topological polar surface area (TPSA) is 89.9 Å². The minimum Gasteiger partial charge on any atom is -0.389 e. The number of nitrogens with one attached hydrogen (secondary N) is 4. The third-order valence-corrected chi connectivity index (χ3v) is 9.74. The van der Waals surface area contributed by atoms with Crippen molar-refractivity contribution in [3.8, 4) is 0 Å². The van der Waals surface area contributed by atoms with Crippen molar-refractivity contribution in [1.29, 1.82) is 0 Å². The molecule has 0 aromatic rings. The van der Waals surface area contributed by atoms with Crippen LogP contribution in [0.15, 0.2) is 33.7 Å². The summed E-state index contributed by atoms with van der Waals surface area (Å²) in [6.45, 7) is 23.1. The molecule has 46 heavy (non-hydrogen) atoms. The Hall–Kier alpha value is -2.15. The number of hydrogen-bond acceptors (Lipinski definition) is 6. The summed E-state index contributed by atoms with van der Waals surface area (Å²) in [7, 11) is 0. The SMILES string of the molecule is C=C(CCCCC(C)(C)CCCCC(C)(CC)CCCNC(=O)CCCC)NCCCCNC1N=CNC(C)=C1N=CCCCC. The molecule has 266 valence electrons. The van der Waals surface area contributed by atoms with Crippen molar-refractivity contribution < 1.29 is 4.79 Å². The van der Waals surface area contributed by atoms with E-state index in [1.165, 1.54) is 76.3 Å². The van der Waals surface area contributed by atoms with Crippen LogP contribution >= 0.6 is 0 Å². The molecule has 7 heteroatoms. The van der Waals surface area contributed by atoms with Crippen molar-refractivity contribution >= 4 is 18.5 Å². The second kappa shape index (κ2) is 24.9. The lowest BCUT2D eigenvalue weighted by Gasteiger charge is -2.30. The first-order valence-electron chi connectivity index (χ1n) is 19.0. The Morgan fingerprint density at radius 2 is 1.52 bits per heavy atom. The second-order valence-electron chi connectivity index (χ2n) is 14.8. The summed E-state index contributed by atoms with van der Waals surface area (Å²) >= 11 is 0. The first kappa shape index (κ1) is 41.9. The van der Waals surface area contributed by atoms with Gasteiger partial charge in [-0.3, -0.25) is 20.1 Å². The maximum Gasteiger partial charge on any atom is 0.219 e.